The van der Waals surface area contributed by atoms with Gasteiger partial charge in [-0.15, -0.1) is 0 Å². The Labute approximate surface area is 98.5 Å². The molecule has 0 aliphatic heterocycles. The second-order valence-electron chi connectivity index (χ2n) is 4.13. The lowest BCUT2D eigenvalue weighted by Gasteiger charge is -2.30. The summed E-state index contributed by atoms with van der Waals surface area (Å²) in [6, 6.07) is 0.203. The molecule has 0 saturated carbocycles. The predicted octanol–water partition coefficient (Wildman–Crippen LogP) is -0.240. The highest BCUT2D eigenvalue weighted by Crippen LogP contribution is 2.01. The van der Waals surface area contributed by atoms with E-state index in [4.69, 9.17) is 10.5 Å². The SMILES string of the molecule is CCN(C(=O)COCCN)C(C)CN(C)C. The van der Waals surface area contributed by atoms with Crippen LogP contribution in [0.3, 0.4) is 0 Å². The van der Waals surface area contributed by atoms with E-state index in [2.05, 4.69) is 4.90 Å². The number of hydrogen-bond donors (Lipinski definition) is 1. The van der Waals surface area contributed by atoms with Crippen LogP contribution in [-0.2, 0) is 9.53 Å². The van der Waals surface area contributed by atoms with Gasteiger partial charge in [-0.25, -0.2) is 0 Å². The number of amides is 1. The van der Waals surface area contributed by atoms with Gasteiger partial charge in [0.25, 0.3) is 0 Å². The molecule has 0 aromatic heterocycles. The third-order valence-electron chi connectivity index (χ3n) is 2.31. The van der Waals surface area contributed by atoms with Crippen LogP contribution in [0.15, 0.2) is 0 Å². The van der Waals surface area contributed by atoms with Gasteiger partial charge in [0, 0.05) is 25.7 Å². The minimum atomic E-state index is 0.0327. The van der Waals surface area contributed by atoms with Gasteiger partial charge in [-0.1, -0.05) is 0 Å². The molecule has 0 aromatic rings. The van der Waals surface area contributed by atoms with Crippen LogP contribution >= 0.6 is 0 Å². The molecule has 0 aliphatic carbocycles. The van der Waals surface area contributed by atoms with Crippen molar-refractivity contribution in [3.05, 3.63) is 0 Å². The second-order valence-corrected chi connectivity index (χ2v) is 4.13. The van der Waals surface area contributed by atoms with Crippen LogP contribution in [0, 0.1) is 0 Å². The molecule has 0 rings (SSSR count). The van der Waals surface area contributed by atoms with Crippen molar-refractivity contribution in [1.82, 2.24) is 9.80 Å². The van der Waals surface area contributed by atoms with Crippen molar-refractivity contribution in [3.63, 3.8) is 0 Å². The summed E-state index contributed by atoms with van der Waals surface area (Å²) in [6.45, 7) is 6.61. The van der Waals surface area contributed by atoms with E-state index < -0.39 is 0 Å². The Morgan fingerprint density at radius 3 is 2.50 bits per heavy atom. The average Bonchev–Trinajstić information content (AvgIpc) is 2.18. The largest absolute Gasteiger partial charge is 0.370 e. The normalized spacial score (nSPS) is 12.9. The fourth-order valence-electron chi connectivity index (χ4n) is 1.69. The maximum absolute atomic E-state index is 11.8. The van der Waals surface area contributed by atoms with E-state index in [1.54, 1.807) is 0 Å². The lowest BCUT2D eigenvalue weighted by Crippen LogP contribution is -2.45. The standard InChI is InChI=1S/C11H25N3O2/c1-5-14(10(2)8-13(3)4)11(15)9-16-7-6-12/h10H,5-9,12H2,1-4H3. The quantitative estimate of drug-likeness (QED) is 0.586. The van der Waals surface area contributed by atoms with Crippen LogP contribution in [-0.4, -0.2) is 68.7 Å². The molecule has 96 valence electrons. The fraction of sp³-hybridized carbons (Fsp3) is 0.909. The maximum atomic E-state index is 11.8. The van der Waals surface area contributed by atoms with Gasteiger partial charge in [0.05, 0.1) is 6.61 Å². The topological polar surface area (TPSA) is 58.8 Å². The molecule has 0 aliphatic rings. The number of nitrogens with zero attached hydrogens (tertiary/aromatic N) is 2. The van der Waals surface area contributed by atoms with E-state index in [9.17, 15) is 4.79 Å². The van der Waals surface area contributed by atoms with Gasteiger partial charge in [-0.2, -0.15) is 0 Å². The Morgan fingerprint density at radius 2 is 2.06 bits per heavy atom. The summed E-state index contributed by atoms with van der Waals surface area (Å²) in [4.78, 5) is 15.7. The Balaban J connectivity index is 4.09. The Hall–Kier alpha value is -0.650. The molecule has 16 heavy (non-hydrogen) atoms. The molecule has 1 atom stereocenters. The molecule has 0 aromatic carbocycles. The van der Waals surface area contributed by atoms with Gasteiger partial charge in [0.1, 0.15) is 6.61 Å². The van der Waals surface area contributed by atoms with Gasteiger partial charge >= 0.3 is 0 Å². The zero-order valence-electron chi connectivity index (χ0n) is 10.9. The molecule has 0 bridgehead atoms. The van der Waals surface area contributed by atoms with Gasteiger partial charge in [-0.05, 0) is 27.9 Å². The Bertz CT molecular complexity index is 198. The van der Waals surface area contributed by atoms with Crippen molar-refractivity contribution in [1.29, 1.82) is 0 Å². The third kappa shape index (κ3) is 6.05. The third-order valence-corrected chi connectivity index (χ3v) is 2.31. The maximum Gasteiger partial charge on any atom is 0.248 e. The smallest absolute Gasteiger partial charge is 0.248 e. The van der Waals surface area contributed by atoms with Gasteiger partial charge in [-0.3, -0.25) is 4.79 Å². The number of ether oxygens (including phenoxy) is 1. The second kappa shape index (κ2) is 8.50. The molecular weight excluding hydrogens is 206 g/mol. The zero-order valence-corrected chi connectivity index (χ0v) is 10.9. The summed E-state index contributed by atoms with van der Waals surface area (Å²) >= 11 is 0. The van der Waals surface area contributed by atoms with Crippen molar-refractivity contribution in [3.8, 4) is 0 Å². The molecule has 2 N–H and O–H groups in total. The van der Waals surface area contributed by atoms with Crippen molar-refractivity contribution in [2.75, 3.05) is 46.9 Å². The molecule has 5 heteroatoms. The molecule has 1 amide bonds. The van der Waals surface area contributed by atoms with E-state index in [-0.39, 0.29) is 18.6 Å². The lowest BCUT2D eigenvalue weighted by atomic mass is 10.2. The van der Waals surface area contributed by atoms with Crippen LogP contribution in [0.4, 0.5) is 0 Å². The summed E-state index contributed by atoms with van der Waals surface area (Å²) in [5, 5.41) is 0. The van der Waals surface area contributed by atoms with Gasteiger partial charge < -0.3 is 20.3 Å². The van der Waals surface area contributed by atoms with E-state index >= 15 is 0 Å². The van der Waals surface area contributed by atoms with E-state index in [1.807, 2.05) is 32.8 Å². The summed E-state index contributed by atoms with van der Waals surface area (Å²) in [6.07, 6.45) is 0. The summed E-state index contributed by atoms with van der Waals surface area (Å²) in [7, 11) is 4.00. The highest BCUT2D eigenvalue weighted by atomic mass is 16.5. The van der Waals surface area contributed by atoms with Gasteiger partial charge in [0.15, 0.2) is 0 Å². The fourth-order valence-corrected chi connectivity index (χ4v) is 1.69. The number of carbonyl (C=O) groups is 1. The van der Waals surface area contributed by atoms with Crippen LogP contribution in [0.2, 0.25) is 0 Å². The molecule has 0 spiro atoms. The van der Waals surface area contributed by atoms with Gasteiger partial charge in [0.2, 0.25) is 5.91 Å². The minimum absolute atomic E-state index is 0.0327. The van der Waals surface area contributed by atoms with Crippen molar-refractivity contribution in [2.24, 2.45) is 5.73 Å². The Morgan fingerprint density at radius 1 is 1.44 bits per heavy atom. The molecule has 1 unspecified atom stereocenters. The number of hydrogen-bond acceptors (Lipinski definition) is 4. The van der Waals surface area contributed by atoms with Crippen molar-refractivity contribution >= 4 is 5.91 Å². The zero-order chi connectivity index (χ0) is 12.6. The van der Waals surface area contributed by atoms with E-state index in [0.29, 0.717) is 19.7 Å². The van der Waals surface area contributed by atoms with Crippen LogP contribution in [0.5, 0.6) is 0 Å². The molecule has 0 saturated heterocycles. The van der Waals surface area contributed by atoms with Crippen LogP contribution in [0.25, 0.3) is 0 Å². The lowest BCUT2D eigenvalue weighted by molar-refractivity contribution is -0.138. The Kier molecular flexibility index (Phi) is 8.15. The first-order valence-corrected chi connectivity index (χ1v) is 5.74. The van der Waals surface area contributed by atoms with E-state index in [0.717, 1.165) is 6.54 Å². The van der Waals surface area contributed by atoms with E-state index in [1.165, 1.54) is 0 Å². The molecule has 0 radical (unpaired) electrons. The highest BCUT2D eigenvalue weighted by Gasteiger charge is 2.18. The summed E-state index contributed by atoms with van der Waals surface area (Å²) in [5.41, 5.74) is 5.29. The molecule has 5 nitrogen and oxygen atoms in total. The number of rotatable bonds is 8. The van der Waals surface area contributed by atoms with Crippen molar-refractivity contribution < 1.29 is 9.53 Å². The van der Waals surface area contributed by atoms with Crippen LogP contribution < -0.4 is 5.73 Å². The molecule has 0 fully saturated rings. The minimum Gasteiger partial charge on any atom is -0.370 e. The predicted molar refractivity (Wildman–Crippen MR) is 65.3 cm³/mol. The molecular formula is C11H25N3O2. The monoisotopic (exact) mass is 231 g/mol. The summed E-state index contributed by atoms with van der Waals surface area (Å²) < 4.78 is 5.15. The number of likely N-dealkylation sites (N-methyl/N-ethyl adjacent to an activating group) is 2. The molecule has 0 heterocycles. The van der Waals surface area contributed by atoms with Crippen LogP contribution in [0.1, 0.15) is 13.8 Å². The summed E-state index contributed by atoms with van der Waals surface area (Å²) in [5.74, 6) is 0.0327. The first-order chi connectivity index (χ1) is 7.52. The average molecular weight is 231 g/mol. The number of nitrogens with two attached hydrogens (primary N) is 1. The first kappa shape index (κ1) is 15.3. The van der Waals surface area contributed by atoms with Crippen molar-refractivity contribution in [2.45, 2.75) is 19.9 Å². The number of carbonyl (C=O) groups excluding carboxylic acids is 1. The highest BCUT2D eigenvalue weighted by molar-refractivity contribution is 5.77. The first-order valence-electron chi connectivity index (χ1n) is 5.74.